The molecule has 2 N–H and O–H groups in total. The fraction of sp³-hybridized carbons (Fsp3) is 0.769. The van der Waals surface area contributed by atoms with Crippen LogP contribution in [0.3, 0.4) is 0 Å². The number of ether oxygens (including phenoxy) is 3. The number of aldehydes is 1. The number of rotatable bonds is 2. The van der Waals surface area contributed by atoms with Crippen LogP contribution in [0.15, 0.2) is 27.6 Å². The summed E-state index contributed by atoms with van der Waals surface area (Å²) in [5.74, 6) is -1.95. The second-order valence-electron chi connectivity index (χ2n) is 12.1. The molecule has 3 saturated heterocycles. The predicted molar refractivity (Wildman–Crippen MR) is 117 cm³/mol. The van der Waals surface area contributed by atoms with Gasteiger partial charge in [0.25, 0.3) is 5.97 Å². The second-order valence-corrected chi connectivity index (χ2v) is 12.1. The van der Waals surface area contributed by atoms with Gasteiger partial charge in [-0.15, -0.1) is 0 Å². The third-order valence-corrected chi connectivity index (χ3v) is 10.9. The zero-order chi connectivity index (χ0) is 23.7. The van der Waals surface area contributed by atoms with Crippen molar-refractivity contribution in [3.05, 3.63) is 34.4 Å². The van der Waals surface area contributed by atoms with E-state index in [0.29, 0.717) is 38.5 Å². The quantitative estimate of drug-likeness (QED) is 0.630. The Bertz CT molecular complexity index is 1100. The predicted octanol–water partition coefficient (Wildman–Crippen LogP) is 2.25. The lowest BCUT2D eigenvalue weighted by atomic mass is 9.40. The molecule has 0 aromatic carbocycles. The Hall–Kier alpha value is -1.58. The van der Waals surface area contributed by atoms with E-state index >= 15 is 0 Å². The number of carbonyl (C=O) groups is 1. The smallest absolute Gasteiger partial charge is 0.335 e. The molecule has 0 amide bonds. The monoisotopic (exact) mass is 472 g/mol. The zero-order valence-corrected chi connectivity index (χ0v) is 19.6. The third kappa shape index (κ3) is 2.28. The summed E-state index contributed by atoms with van der Waals surface area (Å²) in [4.78, 5) is 24.6. The van der Waals surface area contributed by atoms with Crippen molar-refractivity contribution in [2.75, 3.05) is 0 Å². The van der Waals surface area contributed by atoms with Crippen LogP contribution >= 0.6 is 0 Å². The van der Waals surface area contributed by atoms with E-state index in [1.165, 1.54) is 12.3 Å². The molecular formula is C26H32O8. The van der Waals surface area contributed by atoms with E-state index in [9.17, 15) is 19.8 Å². The lowest BCUT2D eigenvalue weighted by Crippen LogP contribution is -2.82. The highest BCUT2D eigenvalue weighted by atomic mass is 16.9. The van der Waals surface area contributed by atoms with Gasteiger partial charge in [-0.25, -0.2) is 4.79 Å². The molecule has 7 aliphatic rings. The van der Waals surface area contributed by atoms with Gasteiger partial charge in [-0.3, -0.25) is 0 Å². The molecule has 34 heavy (non-hydrogen) atoms. The maximum Gasteiger partial charge on any atom is 0.335 e. The number of aliphatic hydroxyl groups excluding tert-OH is 1. The highest BCUT2D eigenvalue weighted by Crippen LogP contribution is 2.74. The largest absolute Gasteiger partial charge is 0.431 e. The van der Waals surface area contributed by atoms with Crippen LogP contribution in [0.2, 0.25) is 0 Å². The van der Waals surface area contributed by atoms with Gasteiger partial charge in [-0.1, -0.05) is 6.92 Å². The van der Waals surface area contributed by atoms with Gasteiger partial charge in [-0.2, -0.15) is 0 Å². The third-order valence-electron chi connectivity index (χ3n) is 10.9. The summed E-state index contributed by atoms with van der Waals surface area (Å²) in [7, 11) is 0. The van der Waals surface area contributed by atoms with E-state index in [0.717, 1.165) is 18.3 Å². The molecule has 7 fully saturated rings. The van der Waals surface area contributed by atoms with Crippen LogP contribution in [0.1, 0.15) is 70.3 Å². The van der Waals surface area contributed by atoms with Crippen molar-refractivity contribution < 1.29 is 33.6 Å². The van der Waals surface area contributed by atoms with E-state index in [2.05, 4.69) is 0 Å². The van der Waals surface area contributed by atoms with Gasteiger partial charge < -0.3 is 33.6 Å². The van der Waals surface area contributed by atoms with Crippen molar-refractivity contribution >= 4 is 6.29 Å². The minimum absolute atomic E-state index is 0.0280. The standard InChI is InChI=1S/C26H32O8/c1-22-11-18(28)21-17(26(22,30)8-6-16(22)14-3-4-20(29)31-12-14)5-7-24-10-15-9-19(25(21,24)13-27)33-23(2,32-15)34-24/h3-4,12-13,15-19,21,28,30H,5-11H2,1-2H3/t15-,16+,17+,18+,19-,21+,22+,23?,24-,25+,26-/m0/s1. The Morgan fingerprint density at radius 1 is 1.12 bits per heavy atom. The minimum Gasteiger partial charge on any atom is -0.431 e. The van der Waals surface area contributed by atoms with Gasteiger partial charge in [0, 0.05) is 37.2 Å². The van der Waals surface area contributed by atoms with Crippen LogP contribution in [-0.4, -0.2) is 52.0 Å². The fourth-order valence-corrected chi connectivity index (χ4v) is 9.75. The fourth-order valence-electron chi connectivity index (χ4n) is 9.75. The van der Waals surface area contributed by atoms with Crippen molar-refractivity contribution in [2.24, 2.45) is 22.7 Å². The molecule has 4 bridgehead atoms. The first kappa shape index (κ1) is 21.7. The molecule has 3 aliphatic heterocycles. The van der Waals surface area contributed by atoms with E-state index in [1.807, 2.05) is 6.92 Å². The molecule has 11 atom stereocenters. The van der Waals surface area contributed by atoms with Gasteiger partial charge in [0.15, 0.2) is 0 Å². The van der Waals surface area contributed by atoms with Crippen LogP contribution in [0, 0.1) is 22.7 Å². The summed E-state index contributed by atoms with van der Waals surface area (Å²) in [6.07, 6.45) is 5.38. The Balaban J connectivity index is 1.33. The molecule has 1 aromatic heterocycles. The molecule has 8 rings (SSSR count). The van der Waals surface area contributed by atoms with E-state index in [-0.39, 0.29) is 17.9 Å². The van der Waals surface area contributed by atoms with E-state index in [4.69, 9.17) is 18.6 Å². The van der Waals surface area contributed by atoms with Crippen molar-refractivity contribution in [2.45, 2.75) is 100 Å². The van der Waals surface area contributed by atoms with Crippen LogP contribution in [0.5, 0.6) is 0 Å². The number of aliphatic hydroxyl groups is 2. The molecule has 1 aromatic rings. The van der Waals surface area contributed by atoms with Crippen LogP contribution in [-0.2, 0) is 19.0 Å². The van der Waals surface area contributed by atoms with E-state index in [1.54, 1.807) is 13.0 Å². The zero-order valence-electron chi connectivity index (χ0n) is 19.6. The summed E-state index contributed by atoms with van der Waals surface area (Å²) >= 11 is 0. The van der Waals surface area contributed by atoms with Crippen molar-refractivity contribution in [1.82, 2.24) is 0 Å². The van der Waals surface area contributed by atoms with Crippen molar-refractivity contribution in [3.63, 3.8) is 0 Å². The van der Waals surface area contributed by atoms with Crippen molar-refractivity contribution in [3.8, 4) is 0 Å². The first-order valence-corrected chi connectivity index (χ1v) is 12.6. The molecule has 8 nitrogen and oxygen atoms in total. The van der Waals surface area contributed by atoms with Gasteiger partial charge >= 0.3 is 5.63 Å². The lowest BCUT2D eigenvalue weighted by Gasteiger charge is -2.73. The number of fused-ring (bicyclic) bond motifs is 3. The number of hydrogen-bond donors (Lipinski definition) is 2. The Morgan fingerprint density at radius 3 is 2.65 bits per heavy atom. The summed E-state index contributed by atoms with van der Waals surface area (Å²) in [5.41, 5.74) is -3.00. The first-order chi connectivity index (χ1) is 16.1. The molecule has 4 saturated carbocycles. The summed E-state index contributed by atoms with van der Waals surface area (Å²) in [6, 6.07) is 3.19. The SMILES string of the molecule is CC12O[C@H]3C[C@H](O1)[C@]1(C=O)[C@H]4[C@H](O)C[C@]5(C)[C@@H](c6ccc(=O)oc6)CC[C@]5(O)[C@@H]4CC[C@@]1(C3)O2. The molecule has 8 heteroatoms. The lowest BCUT2D eigenvalue weighted by molar-refractivity contribution is -0.543. The Morgan fingerprint density at radius 2 is 1.94 bits per heavy atom. The first-order valence-electron chi connectivity index (χ1n) is 12.6. The van der Waals surface area contributed by atoms with Gasteiger partial charge in [0.05, 0.1) is 41.2 Å². The molecule has 1 unspecified atom stereocenters. The minimum atomic E-state index is -1.16. The maximum absolute atomic E-state index is 13.1. The summed E-state index contributed by atoms with van der Waals surface area (Å²) in [5, 5.41) is 24.2. The number of hydrogen-bond acceptors (Lipinski definition) is 8. The van der Waals surface area contributed by atoms with Gasteiger partial charge in [0.2, 0.25) is 0 Å². The second kappa shape index (κ2) is 6.40. The average Bonchev–Trinajstić information content (AvgIpc) is 3.04. The normalized spacial score (nSPS) is 57.1. The van der Waals surface area contributed by atoms with Crippen molar-refractivity contribution in [1.29, 1.82) is 0 Å². The molecule has 1 spiro atoms. The highest BCUT2D eigenvalue weighted by molar-refractivity contribution is 5.66. The molecule has 4 aliphatic carbocycles. The summed E-state index contributed by atoms with van der Waals surface area (Å²) in [6.45, 7) is 3.82. The topological polar surface area (TPSA) is 115 Å². The average molecular weight is 473 g/mol. The van der Waals surface area contributed by atoms with Crippen LogP contribution in [0.25, 0.3) is 0 Å². The Kier molecular flexibility index (Phi) is 4.08. The maximum atomic E-state index is 13.1. The molecular weight excluding hydrogens is 440 g/mol. The molecule has 4 heterocycles. The molecule has 184 valence electrons. The highest BCUT2D eigenvalue weighted by Gasteiger charge is 2.80. The van der Waals surface area contributed by atoms with Crippen LogP contribution < -0.4 is 5.63 Å². The Labute approximate surface area is 197 Å². The van der Waals surface area contributed by atoms with Gasteiger partial charge in [0.1, 0.15) is 6.29 Å². The van der Waals surface area contributed by atoms with E-state index < -0.39 is 51.8 Å². The van der Waals surface area contributed by atoms with Gasteiger partial charge in [-0.05, 0) is 55.6 Å². The summed E-state index contributed by atoms with van der Waals surface area (Å²) < 4.78 is 23.8. The molecule has 0 radical (unpaired) electrons. The number of carbonyl (C=O) groups excluding carboxylic acids is 1. The van der Waals surface area contributed by atoms with Crippen LogP contribution in [0.4, 0.5) is 0 Å².